The summed E-state index contributed by atoms with van der Waals surface area (Å²) in [4.78, 5) is 0. The van der Waals surface area contributed by atoms with E-state index in [0.29, 0.717) is 11.7 Å². The maximum atomic E-state index is 5.99. The minimum absolute atomic E-state index is 0.555. The second-order valence-corrected chi connectivity index (χ2v) is 5.47. The Morgan fingerprint density at radius 3 is 2.67 bits per heavy atom. The van der Waals surface area contributed by atoms with Gasteiger partial charge in [0.2, 0.25) is 0 Å². The smallest absolute Gasteiger partial charge is 0.129 e. The first-order chi connectivity index (χ1) is 8.54. The van der Waals surface area contributed by atoms with Gasteiger partial charge in [-0.1, -0.05) is 41.9 Å². The summed E-state index contributed by atoms with van der Waals surface area (Å²) in [5, 5.41) is 4.17. The topological polar surface area (TPSA) is 43.8 Å². The molecule has 1 atom stereocenters. The molecule has 3 nitrogen and oxygen atoms in total. The van der Waals surface area contributed by atoms with Gasteiger partial charge < -0.3 is 5.73 Å². The van der Waals surface area contributed by atoms with Crippen LogP contribution in [0.25, 0.3) is 11.1 Å². The molecule has 0 saturated carbocycles. The molecule has 18 heavy (non-hydrogen) atoms. The van der Waals surface area contributed by atoms with Crippen LogP contribution in [-0.4, -0.2) is 9.78 Å². The van der Waals surface area contributed by atoms with Crippen LogP contribution in [0.4, 0.5) is 5.82 Å². The van der Waals surface area contributed by atoms with Crippen LogP contribution in [0.5, 0.6) is 0 Å². The summed E-state index contributed by atoms with van der Waals surface area (Å²) in [6.07, 6.45) is 2.94. The van der Waals surface area contributed by atoms with Gasteiger partial charge in [0.05, 0.1) is 6.20 Å². The van der Waals surface area contributed by atoms with Crippen LogP contribution in [0.3, 0.4) is 0 Å². The van der Waals surface area contributed by atoms with Crippen LogP contribution >= 0.6 is 15.9 Å². The molecule has 0 aliphatic rings. The van der Waals surface area contributed by atoms with Crippen LogP contribution in [0.15, 0.2) is 28.9 Å². The van der Waals surface area contributed by atoms with Crippen molar-refractivity contribution < 1.29 is 0 Å². The van der Waals surface area contributed by atoms with Crippen LogP contribution in [0.2, 0.25) is 0 Å². The first kappa shape index (κ1) is 13.1. The van der Waals surface area contributed by atoms with E-state index in [1.165, 1.54) is 5.56 Å². The fourth-order valence-corrected chi connectivity index (χ4v) is 2.75. The number of rotatable bonds is 3. The zero-order valence-electron chi connectivity index (χ0n) is 10.9. The molecule has 0 spiro atoms. The summed E-state index contributed by atoms with van der Waals surface area (Å²) in [5.74, 6) is 1.25. The lowest BCUT2D eigenvalue weighted by molar-refractivity contribution is 0.730. The first-order valence-electron chi connectivity index (χ1n) is 6.11. The SMILES string of the molecule is CCC(C)c1ccc(-c2cnn(C)c2N)cc1Br. The number of benzene rings is 1. The van der Waals surface area contributed by atoms with Crippen molar-refractivity contribution in [2.24, 2.45) is 7.05 Å². The summed E-state index contributed by atoms with van der Waals surface area (Å²) < 4.78 is 2.82. The molecule has 0 fully saturated rings. The average Bonchev–Trinajstić information content (AvgIpc) is 2.69. The Labute approximate surface area is 116 Å². The maximum Gasteiger partial charge on any atom is 0.129 e. The van der Waals surface area contributed by atoms with Gasteiger partial charge in [-0.05, 0) is 29.5 Å². The fourth-order valence-electron chi connectivity index (χ4n) is 1.98. The molecule has 0 amide bonds. The van der Waals surface area contributed by atoms with Crippen LogP contribution in [0, 0.1) is 0 Å². The third-order valence-corrected chi connectivity index (χ3v) is 4.13. The highest BCUT2D eigenvalue weighted by Gasteiger charge is 2.11. The van der Waals surface area contributed by atoms with Crippen molar-refractivity contribution in [1.82, 2.24) is 9.78 Å². The monoisotopic (exact) mass is 307 g/mol. The number of aryl methyl sites for hydroxylation is 1. The molecule has 4 heteroatoms. The maximum absolute atomic E-state index is 5.99. The molecule has 0 aliphatic carbocycles. The summed E-state index contributed by atoms with van der Waals surface area (Å²) in [5.41, 5.74) is 9.41. The van der Waals surface area contributed by atoms with Crippen molar-refractivity contribution in [2.45, 2.75) is 26.2 Å². The molecular formula is C14H18BrN3. The number of nitrogens with two attached hydrogens (primary N) is 1. The second-order valence-electron chi connectivity index (χ2n) is 4.61. The zero-order valence-corrected chi connectivity index (χ0v) is 12.5. The fraction of sp³-hybridized carbons (Fsp3) is 0.357. The predicted molar refractivity (Wildman–Crippen MR) is 79.5 cm³/mol. The Kier molecular flexibility index (Phi) is 3.76. The van der Waals surface area contributed by atoms with Gasteiger partial charge >= 0.3 is 0 Å². The quantitative estimate of drug-likeness (QED) is 0.933. The van der Waals surface area contributed by atoms with Crippen molar-refractivity contribution in [1.29, 1.82) is 0 Å². The standard InChI is InChI=1S/C14H18BrN3/c1-4-9(2)11-6-5-10(7-13(11)15)12-8-17-18(3)14(12)16/h5-9H,4,16H2,1-3H3. The van der Waals surface area contributed by atoms with Gasteiger partial charge in [0.25, 0.3) is 0 Å². The summed E-state index contributed by atoms with van der Waals surface area (Å²) in [7, 11) is 1.85. The summed E-state index contributed by atoms with van der Waals surface area (Å²) in [6.45, 7) is 4.43. The van der Waals surface area contributed by atoms with Crippen molar-refractivity contribution in [3.63, 3.8) is 0 Å². The molecule has 0 saturated heterocycles. The molecule has 96 valence electrons. The Morgan fingerprint density at radius 1 is 1.44 bits per heavy atom. The second kappa shape index (κ2) is 5.14. The zero-order chi connectivity index (χ0) is 13.3. The van der Waals surface area contributed by atoms with E-state index in [1.54, 1.807) is 10.9 Å². The van der Waals surface area contributed by atoms with Crippen LogP contribution < -0.4 is 5.73 Å². The Bertz CT molecular complexity index is 560. The van der Waals surface area contributed by atoms with Gasteiger partial charge in [-0.25, -0.2) is 0 Å². The number of aromatic nitrogens is 2. The van der Waals surface area contributed by atoms with E-state index >= 15 is 0 Å². The first-order valence-corrected chi connectivity index (χ1v) is 6.91. The average molecular weight is 308 g/mol. The number of nitrogen functional groups attached to an aromatic ring is 1. The normalized spacial score (nSPS) is 12.7. The van der Waals surface area contributed by atoms with E-state index < -0.39 is 0 Å². The lowest BCUT2D eigenvalue weighted by Gasteiger charge is -2.12. The van der Waals surface area contributed by atoms with Gasteiger partial charge in [0.15, 0.2) is 0 Å². The number of halogens is 1. The molecule has 0 bridgehead atoms. The molecule has 2 rings (SSSR count). The molecule has 1 aromatic heterocycles. The predicted octanol–water partition coefficient (Wildman–Crippen LogP) is 3.95. The van der Waals surface area contributed by atoms with E-state index in [-0.39, 0.29) is 0 Å². The van der Waals surface area contributed by atoms with Gasteiger partial charge in [0, 0.05) is 17.1 Å². The Morgan fingerprint density at radius 2 is 2.17 bits per heavy atom. The van der Waals surface area contributed by atoms with E-state index in [0.717, 1.165) is 22.0 Å². The largest absolute Gasteiger partial charge is 0.383 e. The molecule has 1 unspecified atom stereocenters. The third kappa shape index (κ3) is 2.29. The molecular weight excluding hydrogens is 290 g/mol. The van der Waals surface area contributed by atoms with Gasteiger partial charge in [0.1, 0.15) is 5.82 Å². The van der Waals surface area contributed by atoms with E-state index in [9.17, 15) is 0 Å². The highest BCUT2D eigenvalue weighted by Crippen LogP contribution is 2.33. The molecule has 1 heterocycles. The van der Waals surface area contributed by atoms with Crippen molar-refractivity contribution in [3.05, 3.63) is 34.4 Å². The highest BCUT2D eigenvalue weighted by atomic mass is 79.9. The minimum atomic E-state index is 0.555. The van der Waals surface area contributed by atoms with E-state index in [4.69, 9.17) is 5.73 Å². The lowest BCUT2D eigenvalue weighted by Crippen LogP contribution is -1.98. The molecule has 1 aromatic carbocycles. The van der Waals surface area contributed by atoms with Crippen molar-refractivity contribution in [3.8, 4) is 11.1 Å². The molecule has 2 aromatic rings. The summed E-state index contributed by atoms with van der Waals surface area (Å²) in [6, 6.07) is 6.40. The van der Waals surface area contributed by atoms with E-state index in [1.807, 2.05) is 7.05 Å². The van der Waals surface area contributed by atoms with Gasteiger partial charge in [-0.3, -0.25) is 4.68 Å². The van der Waals surface area contributed by atoms with Crippen LogP contribution in [-0.2, 0) is 7.05 Å². The lowest BCUT2D eigenvalue weighted by atomic mass is 9.96. The minimum Gasteiger partial charge on any atom is -0.383 e. The Hall–Kier alpha value is -1.29. The number of hydrogen-bond acceptors (Lipinski definition) is 2. The van der Waals surface area contributed by atoms with Crippen molar-refractivity contribution in [2.75, 3.05) is 5.73 Å². The number of anilines is 1. The molecule has 0 radical (unpaired) electrons. The highest BCUT2D eigenvalue weighted by molar-refractivity contribution is 9.10. The van der Waals surface area contributed by atoms with Crippen LogP contribution in [0.1, 0.15) is 31.7 Å². The van der Waals surface area contributed by atoms with Gasteiger partial charge in [-0.2, -0.15) is 5.10 Å². The van der Waals surface area contributed by atoms with E-state index in [2.05, 4.69) is 53.1 Å². The van der Waals surface area contributed by atoms with Gasteiger partial charge in [-0.15, -0.1) is 0 Å². The van der Waals surface area contributed by atoms with Crippen molar-refractivity contribution >= 4 is 21.7 Å². The summed E-state index contributed by atoms with van der Waals surface area (Å²) >= 11 is 3.65. The third-order valence-electron chi connectivity index (χ3n) is 3.44. The number of nitrogens with zero attached hydrogens (tertiary/aromatic N) is 2. The molecule has 2 N–H and O–H groups in total. The Balaban J connectivity index is 2.43. The number of hydrogen-bond donors (Lipinski definition) is 1. The molecule has 0 aliphatic heterocycles.